The van der Waals surface area contributed by atoms with Crippen molar-refractivity contribution in [1.29, 1.82) is 0 Å². The molecule has 0 aliphatic carbocycles. The van der Waals surface area contributed by atoms with Crippen molar-refractivity contribution in [3.8, 4) is 11.5 Å². The SMILES string of the molecule is CCNC(=O)NC(=O)[C@H](Oc1ccc(C=O)cc1OCC)c1ccccc1. The maximum absolute atomic E-state index is 12.6. The van der Waals surface area contributed by atoms with E-state index in [1.807, 2.05) is 6.07 Å². The number of rotatable bonds is 8. The van der Waals surface area contributed by atoms with Crippen molar-refractivity contribution in [2.45, 2.75) is 20.0 Å². The van der Waals surface area contributed by atoms with Crippen molar-refractivity contribution in [2.75, 3.05) is 13.2 Å². The predicted molar refractivity (Wildman–Crippen MR) is 100 cm³/mol. The fourth-order valence-electron chi connectivity index (χ4n) is 2.37. The second-order valence-electron chi connectivity index (χ2n) is 5.51. The zero-order valence-electron chi connectivity index (χ0n) is 15.2. The van der Waals surface area contributed by atoms with Crippen LogP contribution in [0.3, 0.4) is 0 Å². The van der Waals surface area contributed by atoms with E-state index in [0.29, 0.717) is 42.1 Å². The molecule has 0 aliphatic rings. The van der Waals surface area contributed by atoms with Crippen LogP contribution in [0.5, 0.6) is 11.5 Å². The Morgan fingerprint density at radius 1 is 1.07 bits per heavy atom. The van der Waals surface area contributed by atoms with Crippen LogP contribution in [0, 0.1) is 0 Å². The molecule has 0 saturated carbocycles. The summed E-state index contributed by atoms with van der Waals surface area (Å²) in [6.07, 6.45) is -0.377. The summed E-state index contributed by atoms with van der Waals surface area (Å²) < 4.78 is 11.4. The van der Waals surface area contributed by atoms with Crippen molar-refractivity contribution in [3.63, 3.8) is 0 Å². The van der Waals surface area contributed by atoms with Crippen LogP contribution in [0.15, 0.2) is 48.5 Å². The van der Waals surface area contributed by atoms with E-state index in [1.165, 1.54) is 6.07 Å². The molecule has 0 aromatic heterocycles. The zero-order chi connectivity index (χ0) is 19.6. The summed E-state index contributed by atoms with van der Waals surface area (Å²) in [4.78, 5) is 35.4. The maximum atomic E-state index is 12.6. The van der Waals surface area contributed by atoms with E-state index in [-0.39, 0.29) is 0 Å². The molecule has 0 bridgehead atoms. The van der Waals surface area contributed by atoms with Crippen LogP contribution in [-0.4, -0.2) is 31.4 Å². The number of hydrogen-bond donors (Lipinski definition) is 2. The average Bonchev–Trinajstić information content (AvgIpc) is 2.67. The summed E-state index contributed by atoms with van der Waals surface area (Å²) in [5.74, 6) is 0.0188. The lowest BCUT2D eigenvalue weighted by Gasteiger charge is -2.20. The first kappa shape index (κ1) is 20.0. The molecule has 2 aromatic carbocycles. The molecule has 0 spiro atoms. The van der Waals surface area contributed by atoms with Crippen LogP contribution >= 0.6 is 0 Å². The molecule has 0 unspecified atom stereocenters. The number of amides is 3. The molecule has 27 heavy (non-hydrogen) atoms. The molecular weight excluding hydrogens is 348 g/mol. The number of ether oxygens (including phenoxy) is 2. The molecule has 2 aromatic rings. The van der Waals surface area contributed by atoms with Crippen LogP contribution in [0.1, 0.15) is 35.9 Å². The van der Waals surface area contributed by atoms with Gasteiger partial charge in [0.2, 0.25) is 6.10 Å². The minimum Gasteiger partial charge on any atom is -0.490 e. The Labute approximate surface area is 157 Å². The first-order chi connectivity index (χ1) is 13.1. The van der Waals surface area contributed by atoms with Gasteiger partial charge in [-0.1, -0.05) is 30.3 Å². The molecule has 0 radical (unpaired) electrons. The standard InChI is InChI=1S/C20H22N2O5/c1-3-21-20(25)22-19(24)18(15-8-6-5-7-9-15)27-16-11-10-14(13-23)12-17(16)26-4-2/h5-13,18H,3-4H2,1-2H3,(H2,21,22,24,25)/t18-/m1/s1. The third-order valence-electron chi connectivity index (χ3n) is 3.56. The molecule has 0 aliphatic heterocycles. The molecule has 2 rings (SSSR count). The van der Waals surface area contributed by atoms with Gasteiger partial charge in [-0.05, 0) is 32.0 Å². The van der Waals surface area contributed by atoms with Crippen LogP contribution in [0.2, 0.25) is 0 Å². The van der Waals surface area contributed by atoms with Gasteiger partial charge in [-0.3, -0.25) is 14.9 Å². The predicted octanol–water partition coefficient (Wildman–Crippen LogP) is 2.86. The number of carbonyl (C=O) groups is 3. The van der Waals surface area contributed by atoms with Gasteiger partial charge >= 0.3 is 6.03 Å². The molecule has 7 nitrogen and oxygen atoms in total. The third kappa shape index (κ3) is 5.57. The molecule has 0 saturated heterocycles. The lowest BCUT2D eigenvalue weighted by molar-refractivity contribution is -0.127. The first-order valence-corrected chi connectivity index (χ1v) is 8.61. The van der Waals surface area contributed by atoms with E-state index in [2.05, 4.69) is 10.6 Å². The Bertz CT molecular complexity index is 792. The molecule has 0 heterocycles. The van der Waals surface area contributed by atoms with E-state index in [9.17, 15) is 14.4 Å². The highest BCUT2D eigenvalue weighted by Gasteiger charge is 2.25. The molecule has 1 atom stereocenters. The Morgan fingerprint density at radius 2 is 1.81 bits per heavy atom. The Balaban J connectivity index is 2.33. The monoisotopic (exact) mass is 370 g/mol. The highest BCUT2D eigenvalue weighted by molar-refractivity contribution is 5.97. The van der Waals surface area contributed by atoms with Gasteiger partial charge in [-0.25, -0.2) is 4.79 Å². The lowest BCUT2D eigenvalue weighted by Crippen LogP contribution is -2.42. The van der Waals surface area contributed by atoms with Crippen LogP contribution in [0.4, 0.5) is 4.79 Å². The first-order valence-electron chi connectivity index (χ1n) is 8.61. The summed E-state index contributed by atoms with van der Waals surface area (Å²) in [5, 5.41) is 4.77. The van der Waals surface area contributed by atoms with Gasteiger partial charge in [-0.15, -0.1) is 0 Å². The van der Waals surface area contributed by atoms with Crippen molar-refractivity contribution in [2.24, 2.45) is 0 Å². The zero-order valence-corrected chi connectivity index (χ0v) is 15.2. The average molecular weight is 370 g/mol. The van der Waals surface area contributed by atoms with E-state index >= 15 is 0 Å². The molecular formula is C20H22N2O5. The molecule has 0 fully saturated rings. The summed E-state index contributed by atoms with van der Waals surface area (Å²) in [6, 6.07) is 12.9. The van der Waals surface area contributed by atoms with Gasteiger partial charge in [0.05, 0.1) is 6.61 Å². The minimum atomic E-state index is -1.07. The number of aldehydes is 1. The molecule has 3 amide bonds. The number of benzene rings is 2. The van der Waals surface area contributed by atoms with Gasteiger partial charge < -0.3 is 14.8 Å². The highest BCUT2D eigenvalue weighted by atomic mass is 16.5. The smallest absolute Gasteiger partial charge is 0.321 e. The van der Waals surface area contributed by atoms with Gasteiger partial charge in [-0.2, -0.15) is 0 Å². The maximum Gasteiger partial charge on any atom is 0.321 e. The van der Waals surface area contributed by atoms with Gasteiger partial charge in [0, 0.05) is 17.7 Å². The number of imide groups is 1. The van der Waals surface area contributed by atoms with E-state index in [4.69, 9.17) is 9.47 Å². The topological polar surface area (TPSA) is 93.7 Å². The fraction of sp³-hybridized carbons (Fsp3) is 0.250. The summed E-state index contributed by atoms with van der Waals surface area (Å²) >= 11 is 0. The Hall–Kier alpha value is -3.35. The molecule has 7 heteroatoms. The Morgan fingerprint density at radius 3 is 2.44 bits per heavy atom. The van der Waals surface area contributed by atoms with Crippen LogP contribution in [-0.2, 0) is 4.79 Å². The summed E-state index contributed by atoms with van der Waals surface area (Å²) in [6.45, 7) is 4.30. The lowest BCUT2D eigenvalue weighted by atomic mass is 10.1. The van der Waals surface area contributed by atoms with Crippen molar-refractivity contribution >= 4 is 18.2 Å². The third-order valence-corrected chi connectivity index (χ3v) is 3.56. The van der Waals surface area contributed by atoms with Crippen molar-refractivity contribution in [3.05, 3.63) is 59.7 Å². The van der Waals surface area contributed by atoms with Crippen LogP contribution < -0.4 is 20.1 Å². The number of hydrogen-bond acceptors (Lipinski definition) is 5. The normalized spacial score (nSPS) is 11.2. The van der Waals surface area contributed by atoms with E-state index in [1.54, 1.807) is 50.2 Å². The van der Waals surface area contributed by atoms with Gasteiger partial charge in [0.1, 0.15) is 6.29 Å². The second-order valence-corrected chi connectivity index (χ2v) is 5.51. The highest BCUT2D eigenvalue weighted by Crippen LogP contribution is 2.32. The summed E-state index contributed by atoms with van der Waals surface area (Å²) in [5.41, 5.74) is 0.995. The second kappa shape index (κ2) is 9.96. The number of carbonyl (C=O) groups excluding carboxylic acids is 3. The van der Waals surface area contributed by atoms with E-state index < -0.39 is 18.0 Å². The van der Waals surface area contributed by atoms with Gasteiger partial charge in [0.15, 0.2) is 11.5 Å². The number of nitrogens with one attached hydrogen (secondary N) is 2. The molecule has 2 N–H and O–H groups in total. The van der Waals surface area contributed by atoms with Crippen molar-refractivity contribution < 1.29 is 23.9 Å². The van der Waals surface area contributed by atoms with Crippen LogP contribution in [0.25, 0.3) is 0 Å². The summed E-state index contributed by atoms with van der Waals surface area (Å²) in [7, 11) is 0. The minimum absolute atomic E-state index is 0.294. The number of urea groups is 1. The largest absolute Gasteiger partial charge is 0.490 e. The quantitative estimate of drug-likeness (QED) is 0.697. The van der Waals surface area contributed by atoms with Crippen molar-refractivity contribution in [1.82, 2.24) is 10.6 Å². The fourth-order valence-corrected chi connectivity index (χ4v) is 2.37. The van der Waals surface area contributed by atoms with E-state index in [0.717, 1.165) is 0 Å². The molecule has 142 valence electrons. The Kier molecular flexibility index (Phi) is 7.37. The van der Waals surface area contributed by atoms with Gasteiger partial charge in [0.25, 0.3) is 5.91 Å².